The molecule has 1 aromatic rings. The molecular weight excluding hydrogens is 276 g/mol. The minimum atomic E-state index is -0.598. The number of rotatable bonds is 4. The predicted octanol–water partition coefficient (Wildman–Crippen LogP) is 2.52. The second kappa shape index (κ2) is 5.27. The lowest BCUT2D eigenvalue weighted by Gasteiger charge is -2.11. The zero-order valence-corrected chi connectivity index (χ0v) is 10.4. The van der Waals surface area contributed by atoms with E-state index in [0.717, 1.165) is 12.0 Å². The third kappa shape index (κ3) is 2.70. The Morgan fingerprint density at radius 2 is 2.25 bits per heavy atom. The second-order valence-electron chi connectivity index (χ2n) is 3.61. The van der Waals surface area contributed by atoms with Gasteiger partial charge in [0.15, 0.2) is 0 Å². The molecule has 0 radical (unpaired) electrons. The summed E-state index contributed by atoms with van der Waals surface area (Å²) in [5.74, 6) is -0.214. The van der Waals surface area contributed by atoms with Crippen LogP contribution >= 0.6 is 15.9 Å². The van der Waals surface area contributed by atoms with Gasteiger partial charge in [-0.1, -0.05) is 6.92 Å². The summed E-state index contributed by atoms with van der Waals surface area (Å²) in [6, 6.07) is 3.07. The Morgan fingerprint density at radius 1 is 1.62 bits per heavy atom. The van der Waals surface area contributed by atoms with E-state index in [2.05, 4.69) is 15.9 Å². The smallest absolute Gasteiger partial charge is 0.312 e. The van der Waals surface area contributed by atoms with Crippen LogP contribution in [0.25, 0.3) is 0 Å². The van der Waals surface area contributed by atoms with Gasteiger partial charge in [-0.2, -0.15) is 0 Å². The van der Waals surface area contributed by atoms with Crippen molar-refractivity contribution < 1.29 is 10.0 Å². The van der Waals surface area contributed by atoms with Gasteiger partial charge in [-0.25, -0.2) is 0 Å². The quantitative estimate of drug-likeness (QED) is 0.658. The first-order valence-corrected chi connectivity index (χ1v) is 5.63. The molecule has 0 aliphatic rings. The second-order valence-corrected chi connectivity index (χ2v) is 4.46. The standard InChI is InChI=1S/C10H13BrN2O3/c1-6(2-3-12)7-4-8(11)10(14)9(5-7)13(15)16/h4-6,14H,2-3,12H2,1H3. The van der Waals surface area contributed by atoms with E-state index in [0.29, 0.717) is 11.0 Å². The number of nitrogens with zero attached hydrogens (tertiary/aromatic N) is 1. The van der Waals surface area contributed by atoms with E-state index in [1.807, 2.05) is 6.92 Å². The Hall–Kier alpha value is -1.14. The Balaban J connectivity index is 3.18. The Morgan fingerprint density at radius 3 is 2.75 bits per heavy atom. The third-order valence-electron chi connectivity index (χ3n) is 2.43. The van der Waals surface area contributed by atoms with Crippen molar-refractivity contribution in [2.45, 2.75) is 19.3 Å². The maximum absolute atomic E-state index is 10.7. The molecule has 0 fully saturated rings. The van der Waals surface area contributed by atoms with Gasteiger partial charge in [-0.05, 0) is 46.4 Å². The van der Waals surface area contributed by atoms with Crippen LogP contribution in [0.4, 0.5) is 5.69 Å². The van der Waals surface area contributed by atoms with Crippen LogP contribution in [-0.4, -0.2) is 16.6 Å². The Labute approximate surface area is 102 Å². The fourth-order valence-electron chi connectivity index (χ4n) is 1.45. The highest BCUT2D eigenvalue weighted by Crippen LogP contribution is 2.37. The average molecular weight is 289 g/mol. The van der Waals surface area contributed by atoms with Crippen LogP contribution < -0.4 is 5.73 Å². The van der Waals surface area contributed by atoms with Gasteiger partial charge in [0.2, 0.25) is 5.75 Å². The molecule has 0 amide bonds. The van der Waals surface area contributed by atoms with E-state index in [9.17, 15) is 15.2 Å². The lowest BCUT2D eigenvalue weighted by atomic mass is 9.97. The molecular formula is C10H13BrN2O3. The molecule has 0 saturated carbocycles. The van der Waals surface area contributed by atoms with Gasteiger partial charge >= 0.3 is 5.69 Å². The van der Waals surface area contributed by atoms with E-state index < -0.39 is 4.92 Å². The van der Waals surface area contributed by atoms with Crippen LogP contribution in [0.5, 0.6) is 5.75 Å². The Bertz CT molecular complexity index is 409. The summed E-state index contributed by atoms with van der Waals surface area (Å²) in [6.45, 7) is 2.46. The van der Waals surface area contributed by atoms with Crippen LogP contribution in [0.3, 0.4) is 0 Å². The van der Waals surface area contributed by atoms with Crippen molar-refractivity contribution in [3.63, 3.8) is 0 Å². The number of aromatic hydroxyl groups is 1. The highest BCUT2D eigenvalue weighted by Gasteiger charge is 2.19. The van der Waals surface area contributed by atoms with E-state index in [-0.39, 0.29) is 17.4 Å². The summed E-state index contributed by atoms with van der Waals surface area (Å²) in [5.41, 5.74) is 5.95. The van der Waals surface area contributed by atoms with Crippen molar-refractivity contribution in [1.29, 1.82) is 0 Å². The largest absolute Gasteiger partial charge is 0.501 e. The molecule has 1 aromatic carbocycles. The topological polar surface area (TPSA) is 89.4 Å². The summed E-state index contributed by atoms with van der Waals surface area (Å²) >= 11 is 3.10. The summed E-state index contributed by atoms with van der Waals surface area (Å²) in [6.07, 6.45) is 0.744. The number of nitro benzene ring substituents is 1. The SMILES string of the molecule is CC(CCN)c1cc(Br)c(O)c([N+](=O)[O-])c1. The van der Waals surface area contributed by atoms with Gasteiger partial charge in [0.25, 0.3) is 0 Å². The highest BCUT2D eigenvalue weighted by atomic mass is 79.9. The molecule has 1 unspecified atom stereocenters. The molecule has 5 nitrogen and oxygen atoms in total. The fraction of sp³-hybridized carbons (Fsp3) is 0.400. The monoisotopic (exact) mass is 288 g/mol. The van der Waals surface area contributed by atoms with Gasteiger partial charge in [0.1, 0.15) is 0 Å². The first kappa shape index (κ1) is 12.9. The number of benzene rings is 1. The van der Waals surface area contributed by atoms with Crippen LogP contribution in [0.1, 0.15) is 24.8 Å². The fourth-order valence-corrected chi connectivity index (χ4v) is 1.91. The molecule has 1 atom stereocenters. The summed E-state index contributed by atoms with van der Waals surface area (Å²) in [7, 11) is 0. The molecule has 0 aromatic heterocycles. The number of nitro groups is 1. The number of halogens is 1. The van der Waals surface area contributed by atoms with Crippen molar-refractivity contribution in [2.24, 2.45) is 5.73 Å². The summed E-state index contributed by atoms with van der Waals surface area (Å²) < 4.78 is 0.334. The van der Waals surface area contributed by atoms with E-state index >= 15 is 0 Å². The first-order valence-electron chi connectivity index (χ1n) is 4.84. The highest BCUT2D eigenvalue weighted by molar-refractivity contribution is 9.10. The normalized spacial score (nSPS) is 12.4. The number of hydrogen-bond acceptors (Lipinski definition) is 4. The minimum absolute atomic E-state index is 0.126. The molecule has 16 heavy (non-hydrogen) atoms. The maximum Gasteiger partial charge on any atom is 0.312 e. The predicted molar refractivity (Wildman–Crippen MR) is 64.5 cm³/mol. The van der Waals surface area contributed by atoms with Gasteiger partial charge in [0, 0.05) is 6.07 Å². The van der Waals surface area contributed by atoms with E-state index in [4.69, 9.17) is 5.73 Å². The van der Waals surface area contributed by atoms with Crippen molar-refractivity contribution in [3.8, 4) is 5.75 Å². The molecule has 0 bridgehead atoms. The van der Waals surface area contributed by atoms with Crippen LogP contribution in [0.2, 0.25) is 0 Å². The average Bonchev–Trinajstić information content (AvgIpc) is 2.21. The summed E-state index contributed by atoms with van der Waals surface area (Å²) in [4.78, 5) is 10.1. The zero-order valence-electron chi connectivity index (χ0n) is 8.81. The number of phenols is 1. The molecule has 0 saturated heterocycles. The van der Waals surface area contributed by atoms with Crippen molar-refractivity contribution in [1.82, 2.24) is 0 Å². The lowest BCUT2D eigenvalue weighted by Crippen LogP contribution is -2.05. The molecule has 88 valence electrons. The van der Waals surface area contributed by atoms with E-state index in [1.54, 1.807) is 6.07 Å². The van der Waals surface area contributed by atoms with Crippen LogP contribution in [0.15, 0.2) is 16.6 Å². The molecule has 0 spiro atoms. The van der Waals surface area contributed by atoms with Crippen molar-refractivity contribution in [2.75, 3.05) is 6.54 Å². The zero-order chi connectivity index (χ0) is 12.3. The molecule has 0 aliphatic heterocycles. The van der Waals surface area contributed by atoms with Crippen LogP contribution in [-0.2, 0) is 0 Å². The van der Waals surface area contributed by atoms with Gasteiger partial charge in [0.05, 0.1) is 9.40 Å². The summed E-state index contributed by atoms with van der Waals surface area (Å²) in [5, 5.41) is 20.2. The lowest BCUT2D eigenvalue weighted by molar-refractivity contribution is -0.386. The maximum atomic E-state index is 10.7. The Kier molecular flexibility index (Phi) is 4.26. The van der Waals surface area contributed by atoms with E-state index in [1.165, 1.54) is 6.07 Å². The number of nitrogens with two attached hydrogens (primary N) is 1. The molecule has 0 aliphatic carbocycles. The van der Waals surface area contributed by atoms with Gasteiger partial charge in [-0.3, -0.25) is 10.1 Å². The molecule has 0 heterocycles. The molecule has 6 heteroatoms. The van der Waals surface area contributed by atoms with Gasteiger partial charge in [-0.15, -0.1) is 0 Å². The molecule has 3 N–H and O–H groups in total. The first-order chi connectivity index (χ1) is 7.47. The van der Waals surface area contributed by atoms with Crippen LogP contribution in [0, 0.1) is 10.1 Å². The van der Waals surface area contributed by atoms with Crippen molar-refractivity contribution in [3.05, 3.63) is 32.3 Å². The number of phenolic OH excluding ortho intramolecular Hbond substituents is 1. The van der Waals surface area contributed by atoms with Crippen molar-refractivity contribution >= 4 is 21.6 Å². The third-order valence-corrected chi connectivity index (χ3v) is 3.04. The number of hydrogen-bond donors (Lipinski definition) is 2. The minimum Gasteiger partial charge on any atom is -0.501 e. The van der Waals surface area contributed by atoms with Gasteiger partial charge < -0.3 is 10.8 Å². The molecule has 1 rings (SSSR count).